The number of carbonyl (C=O) groups excluding carboxylic acids is 2. The Bertz CT molecular complexity index is 576. The molecule has 1 aromatic rings. The first-order chi connectivity index (χ1) is 10.7. The Morgan fingerprint density at radius 3 is 2.48 bits per heavy atom. The smallest absolute Gasteiger partial charge is 0.356 e. The highest BCUT2D eigenvalue weighted by atomic mass is 35.5. The van der Waals surface area contributed by atoms with Crippen molar-refractivity contribution >= 4 is 29.1 Å². The van der Waals surface area contributed by atoms with E-state index in [-0.39, 0.29) is 29.6 Å². The molecule has 0 aliphatic rings. The quantitative estimate of drug-likeness (QED) is 0.851. The summed E-state index contributed by atoms with van der Waals surface area (Å²) in [4.78, 5) is 24.4. The van der Waals surface area contributed by atoms with Gasteiger partial charge in [-0.2, -0.15) is 13.2 Å². The monoisotopic (exact) mass is 350 g/mol. The number of nitrogens with one attached hydrogen (secondary N) is 1. The third kappa shape index (κ3) is 5.74. The molecule has 0 bridgehead atoms. The van der Waals surface area contributed by atoms with Gasteiger partial charge in [0, 0.05) is 26.4 Å². The van der Waals surface area contributed by atoms with E-state index in [9.17, 15) is 22.8 Å². The van der Waals surface area contributed by atoms with E-state index in [0.29, 0.717) is 6.54 Å². The van der Waals surface area contributed by atoms with Gasteiger partial charge in [0.15, 0.2) is 0 Å². The van der Waals surface area contributed by atoms with Gasteiger partial charge in [-0.25, -0.2) is 0 Å². The van der Waals surface area contributed by atoms with E-state index < -0.39 is 17.6 Å². The molecule has 0 heterocycles. The molecule has 0 fully saturated rings. The second-order valence-corrected chi connectivity index (χ2v) is 5.34. The molecular formula is C15H18ClF3N2O2. The minimum Gasteiger partial charge on any atom is -0.356 e. The lowest BCUT2D eigenvalue weighted by molar-refractivity contribution is -0.137. The minimum absolute atomic E-state index is 0.0159. The van der Waals surface area contributed by atoms with E-state index in [1.807, 2.05) is 6.92 Å². The summed E-state index contributed by atoms with van der Waals surface area (Å²) in [5, 5.41) is 2.65. The van der Waals surface area contributed by atoms with Crippen LogP contribution in [-0.2, 0) is 15.8 Å². The van der Waals surface area contributed by atoms with Gasteiger partial charge in [0.25, 0.3) is 0 Å². The summed E-state index contributed by atoms with van der Waals surface area (Å²) in [7, 11) is 0. The predicted molar refractivity (Wildman–Crippen MR) is 82.4 cm³/mol. The number of nitrogens with zero attached hydrogens (tertiary/aromatic N) is 1. The standard InChI is InChI=1S/C15H18ClF3N2O2/c1-3-7-20-14(23)6-8-21(10(2)22)13-9-11(15(17,18)19)4-5-12(13)16/h4-5,9H,3,6-8H2,1-2H3,(H,20,23). The zero-order valence-electron chi connectivity index (χ0n) is 12.8. The molecule has 0 saturated carbocycles. The van der Waals surface area contributed by atoms with Gasteiger partial charge in [-0.15, -0.1) is 0 Å². The molecule has 0 aliphatic heterocycles. The molecule has 0 unspecified atom stereocenters. The van der Waals surface area contributed by atoms with Crippen LogP contribution in [0.1, 0.15) is 32.3 Å². The topological polar surface area (TPSA) is 49.4 Å². The number of amides is 2. The third-order valence-electron chi connectivity index (χ3n) is 3.08. The summed E-state index contributed by atoms with van der Waals surface area (Å²) in [6.45, 7) is 3.56. The molecule has 8 heteroatoms. The molecular weight excluding hydrogens is 333 g/mol. The van der Waals surface area contributed by atoms with E-state index in [2.05, 4.69) is 5.32 Å². The van der Waals surface area contributed by atoms with Crippen LogP contribution in [0.15, 0.2) is 18.2 Å². The fourth-order valence-corrected chi connectivity index (χ4v) is 2.13. The average molecular weight is 351 g/mol. The maximum Gasteiger partial charge on any atom is 0.416 e. The van der Waals surface area contributed by atoms with Crippen molar-refractivity contribution in [3.8, 4) is 0 Å². The van der Waals surface area contributed by atoms with Gasteiger partial charge in [-0.1, -0.05) is 18.5 Å². The van der Waals surface area contributed by atoms with Crippen LogP contribution in [0.2, 0.25) is 5.02 Å². The number of benzene rings is 1. The fraction of sp³-hybridized carbons (Fsp3) is 0.467. The summed E-state index contributed by atoms with van der Waals surface area (Å²) in [5.41, 5.74) is -0.962. The molecule has 1 rings (SSSR count). The van der Waals surface area contributed by atoms with Crippen molar-refractivity contribution in [1.29, 1.82) is 0 Å². The normalized spacial score (nSPS) is 11.2. The molecule has 0 aliphatic carbocycles. The predicted octanol–water partition coefficient (Wildman–Crippen LogP) is 3.63. The van der Waals surface area contributed by atoms with Crippen LogP contribution < -0.4 is 10.2 Å². The zero-order chi connectivity index (χ0) is 17.6. The number of hydrogen-bond acceptors (Lipinski definition) is 2. The first-order valence-corrected chi connectivity index (χ1v) is 7.46. The molecule has 0 radical (unpaired) electrons. The van der Waals surface area contributed by atoms with E-state index in [1.165, 1.54) is 6.92 Å². The van der Waals surface area contributed by atoms with Crippen LogP contribution in [0.3, 0.4) is 0 Å². The van der Waals surface area contributed by atoms with E-state index in [4.69, 9.17) is 11.6 Å². The molecule has 2 amide bonds. The van der Waals surface area contributed by atoms with Gasteiger partial charge in [-0.05, 0) is 24.6 Å². The molecule has 128 valence electrons. The van der Waals surface area contributed by atoms with Gasteiger partial charge in [0.05, 0.1) is 16.3 Å². The highest BCUT2D eigenvalue weighted by Gasteiger charge is 2.32. The van der Waals surface area contributed by atoms with Crippen molar-refractivity contribution in [2.75, 3.05) is 18.0 Å². The SMILES string of the molecule is CCCNC(=O)CCN(C(C)=O)c1cc(C(F)(F)F)ccc1Cl. The van der Waals surface area contributed by atoms with Crippen LogP contribution in [0.4, 0.5) is 18.9 Å². The second kappa shape index (κ2) is 8.19. The van der Waals surface area contributed by atoms with Gasteiger partial charge in [0.1, 0.15) is 0 Å². The van der Waals surface area contributed by atoms with Crippen molar-refractivity contribution in [2.24, 2.45) is 0 Å². The van der Waals surface area contributed by atoms with Crippen molar-refractivity contribution < 1.29 is 22.8 Å². The number of anilines is 1. The van der Waals surface area contributed by atoms with Gasteiger partial charge in [-0.3, -0.25) is 9.59 Å². The van der Waals surface area contributed by atoms with Crippen molar-refractivity contribution in [3.05, 3.63) is 28.8 Å². The van der Waals surface area contributed by atoms with E-state index >= 15 is 0 Å². The molecule has 0 saturated heterocycles. The first kappa shape index (κ1) is 19.3. The number of alkyl halides is 3. The summed E-state index contributed by atoms with van der Waals surface area (Å²) in [6.07, 6.45) is -3.80. The average Bonchev–Trinajstić information content (AvgIpc) is 2.45. The van der Waals surface area contributed by atoms with Gasteiger partial charge in [0.2, 0.25) is 11.8 Å². The van der Waals surface area contributed by atoms with Crippen molar-refractivity contribution in [3.63, 3.8) is 0 Å². The van der Waals surface area contributed by atoms with E-state index in [0.717, 1.165) is 29.5 Å². The van der Waals surface area contributed by atoms with Crippen molar-refractivity contribution in [2.45, 2.75) is 32.9 Å². The number of rotatable bonds is 6. The Morgan fingerprint density at radius 1 is 1.30 bits per heavy atom. The van der Waals surface area contributed by atoms with Crippen LogP contribution in [0, 0.1) is 0 Å². The Balaban J connectivity index is 2.97. The molecule has 23 heavy (non-hydrogen) atoms. The van der Waals surface area contributed by atoms with Gasteiger partial charge >= 0.3 is 6.18 Å². The molecule has 0 atom stereocenters. The minimum atomic E-state index is -4.54. The van der Waals surface area contributed by atoms with Crippen LogP contribution >= 0.6 is 11.6 Å². The largest absolute Gasteiger partial charge is 0.416 e. The van der Waals surface area contributed by atoms with Crippen LogP contribution in [0.25, 0.3) is 0 Å². The highest BCUT2D eigenvalue weighted by Crippen LogP contribution is 2.35. The third-order valence-corrected chi connectivity index (χ3v) is 3.40. The Morgan fingerprint density at radius 2 is 1.96 bits per heavy atom. The first-order valence-electron chi connectivity index (χ1n) is 7.08. The number of hydrogen-bond donors (Lipinski definition) is 1. The Labute approximate surface area is 137 Å². The van der Waals surface area contributed by atoms with Crippen LogP contribution in [-0.4, -0.2) is 24.9 Å². The lowest BCUT2D eigenvalue weighted by Gasteiger charge is -2.23. The number of carbonyl (C=O) groups is 2. The molecule has 0 aromatic heterocycles. The summed E-state index contributed by atoms with van der Waals surface area (Å²) < 4.78 is 38.4. The Hall–Kier alpha value is -1.76. The molecule has 0 spiro atoms. The second-order valence-electron chi connectivity index (χ2n) is 4.93. The highest BCUT2D eigenvalue weighted by molar-refractivity contribution is 6.33. The summed E-state index contributed by atoms with van der Waals surface area (Å²) in [5.74, 6) is -0.768. The van der Waals surface area contributed by atoms with Gasteiger partial charge < -0.3 is 10.2 Å². The fourth-order valence-electron chi connectivity index (χ4n) is 1.91. The maximum absolute atomic E-state index is 12.8. The lowest BCUT2D eigenvalue weighted by Crippen LogP contribution is -2.34. The summed E-state index contributed by atoms with van der Waals surface area (Å²) in [6, 6.07) is 2.75. The number of halogens is 4. The zero-order valence-corrected chi connectivity index (χ0v) is 13.6. The molecule has 1 aromatic carbocycles. The van der Waals surface area contributed by atoms with Crippen molar-refractivity contribution in [1.82, 2.24) is 5.32 Å². The Kier molecular flexibility index (Phi) is 6.87. The maximum atomic E-state index is 12.8. The molecule has 1 N–H and O–H groups in total. The summed E-state index contributed by atoms with van der Waals surface area (Å²) >= 11 is 5.92. The molecule has 4 nitrogen and oxygen atoms in total. The lowest BCUT2D eigenvalue weighted by atomic mass is 10.1. The van der Waals surface area contributed by atoms with Crippen LogP contribution in [0.5, 0.6) is 0 Å². The van der Waals surface area contributed by atoms with E-state index in [1.54, 1.807) is 0 Å².